The number of fused-ring (bicyclic) bond motifs is 3. The number of aromatic nitrogens is 2. The van der Waals surface area contributed by atoms with Crippen LogP contribution in [0, 0.1) is 0 Å². The maximum absolute atomic E-state index is 12.6. The Bertz CT molecular complexity index is 1030. The smallest absolute Gasteiger partial charge is 0.475 e. The van der Waals surface area contributed by atoms with Crippen LogP contribution in [0.3, 0.4) is 0 Å². The molecule has 154 valence electrons. The van der Waals surface area contributed by atoms with E-state index in [1.807, 2.05) is 24.3 Å². The first kappa shape index (κ1) is 20.6. The Morgan fingerprint density at radius 1 is 1.10 bits per heavy atom. The van der Waals surface area contributed by atoms with Gasteiger partial charge in [-0.2, -0.15) is 13.2 Å². The average Bonchev–Trinajstić information content (AvgIpc) is 3.07. The number of para-hydroxylation sites is 1. The number of nitrogens with zero attached hydrogens (tertiary/aromatic N) is 1. The highest BCUT2D eigenvalue weighted by Crippen LogP contribution is 2.26. The molecule has 1 saturated heterocycles. The molecule has 4 rings (SSSR count). The number of rotatable bonds is 2. The fraction of sp³-hybridized carbons (Fsp3) is 0.316. The summed E-state index contributed by atoms with van der Waals surface area (Å²) < 4.78 is 31.7. The predicted molar refractivity (Wildman–Crippen MR) is 101 cm³/mol. The summed E-state index contributed by atoms with van der Waals surface area (Å²) in [7, 11) is 0. The number of nitrogens with one attached hydrogen (secondary N) is 3. The molecule has 3 aromatic rings. The van der Waals surface area contributed by atoms with Crippen molar-refractivity contribution in [1.82, 2.24) is 20.6 Å². The molecule has 0 aliphatic carbocycles. The number of carboxylic acids is 1. The molecule has 0 bridgehead atoms. The Labute approximate surface area is 163 Å². The quantitative estimate of drug-likeness (QED) is 0.522. The van der Waals surface area contributed by atoms with Crippen molar-refractivity contribution in [3.05, 3.63) is 42.2 Å². The lowest BCUT2D eigenvalue weighted by Gasteiger charge is -2.23. The minimum atomic E-state index is -5.08. The van der Waals surface area contributed by atoms with Gasteiger partial charge in [0.15, 0.2) is 5.69 Å². The number of hydrogen-bond donors (Lipinski definition) is 4. The topological polar surface area (TPSA) is 107 Å². The summed E-state index contributed by atoms with van der Waals surface area (Å²) in [4.78, 5) is 29.1. The number of amides is 1. The first-order valence-electron chi connectivity index (χ1n) is 8.94. The maximum atomic E-state index is 12.6. The highest BCUT2D eigenvalue weighted by atomic mass is 19.4. The molecule has 1 amide bonds. The van der Waals surface area contributed by atoms with Gasteiger partial charge in [-0.25, -0.2) is 9.78 Å². The summed E-state index contributed by atoms with van der Waals surface area (Å²) in [5.41, 5.74) is 2.32. The Morgan fingerprint density at radius 3 is 2.41 bits per heavy atom. The number of aliphatic carboxylic acids is 1. The molecule has 1 aromatic carbocycles. The fourth-order valence-corrected chi connectivity index (χ4v) is 3.17. The van der Waals surface area contributed by atoms with E-state index in [0.717, 1.165) is 47.7 Å². The highest BCUT2D eigenvalue weighted by Gasteiger charge is 2.38. The maximum Gasteiger partial charge on any atom is 0.490 e. The Hall–Kier alpha value is -3.14. The largest absolute Gasteiger partial charge is 0.490 e. The normalized spacial score (nSPS) is 15.0. The molecule has 4 N–H and O–H groups in total. The van der Waals surface area contributed by atoms with E-state index >= 15 is 0 Å². The number of H-pyrrole nitrogens is 1. The molecule has 7 nitrogen and oxygen atoms in total. The van der Waals surface area contributed by atoms with Gasteiger partial charge in [0.2, 0.25) is 0 Å². The van der Waals surface area contributed by atoms with E-state index in [0.29, 0.717) is 5.69 Å². The zero-order valence-electron chi connectivity index (χ0n) is 15.2. The minimum absolute atomic E-state index is 0.0935. The van der Waals surface area contributed by atoms with Crippen molar-refractivity contribution in [2.75, 3.05) is 13.1 Å². The number of hydrogen-bond acceptors (Lipinski definition) is 4. The standard InChI is InChI=1S/C17H18N4O.C2HF3O2/c22-17(20-11-5-8-18-9-6-11)16-15-13(7-10-19-16)12-3-1-2-4-14(12)21-15;3-2(4,5)1(6)7/h1-4,7,10-11,18,21H,5-6,8-9H2,(H,20,22);(H,6,7). The third kappa shape index (κ3) is 4.83. The third-order valence-corrected chi connectivity index (χ3v) is 4.56. The number of carboxylic acid groups (broad SMARTS) is 1. The molecule has 0 saturated carbocycles. The Morgan fingerprint density at radius 2 is 1.76 bits per heavy atom. The number of alkyl halides is 3. The van der Waals surface area contributed by atoms with Crippen molar-refractivity contribution >= 4 is 33.7 Å². The van der Waals surface area contributed by atoms with Crippen LogP contribution in [0.5, 0.6) is 0 Å². The lowest BCUT2D eigenvalue weighted by Crippen LogP contribution is -2.43. The van der Waals surface area contributed by atoms with Crippen molar-refractivity contribution in [2.24, 2.45) is 0 Å². The van der Waals surface area contributed by atoms with Crippen LogP contribution in [0.25, 0.3) is 21.8 Å². The molecule has 1 aliphatic rings. The summed E-state index contributed by atoms with van der Waals surface area (Å²) in [6.45, 7) is 1.91. The van der Waals surface area contributed by atoms with E-state index in [-0.39, 0.29) is 11.9 Å². The zero-order valence-corrected chi connectivity index (χ0v) is 15.2. The molecule has 0 spiro atoms. The second kappa shape index (κ2) is 8.48. The zero-order chi connectivity index (χ0) is 21.0. The highest BCUT2D eigenvalue weighted by molar-refractivity contribution is 6.13. The number of aromatic amines is 1. The summed E-state index contributed by atoms with van der Waals surface area (Å²) in [5.74, 6) is -2.85. The van der Waals surface area contributed by atoms with Crippen LogP contribution in [0.4, 0.5) is 13.2 Å². The number of carbonyl (C=O) groups excluding carboxylic acids is 1. The van der Waals surface area contributed by atoms with Gasteiger partial charge < -0.3 is 20.7 Å². The van der Waals surface area contributed by atoms with Gasteiger partial charge in [0.25, 0.3) is 5.91 Å². The number of piperidine rings is 1. The van der Waals surface area contributed by atoms with Crippen molar-refractivity contribution < 1.29 is 27.9 Å². The van der Waals surface area contributed by atoms with Crippen LogP contribution >= 0.6 is 0 Å². The molecule has 0 unspecified atom stereocenters. The summed E-state index contributed by atoms with van der Waals surface area (Å²) >= 11 is 0. The van der Waals surface area contributed by atoms with Gasteiger partial charge in [-0.3, -0.25) is 4.79 Å². The second-order valence-electron chi connectivity index (χ2n) is 6.55. The molecule has 1 aliphatic heterocycles. The fourth-order valence-electron chi connectivity index (χ4n) is 3.17. The van der Waals surface area contributed by atoms with Crippen LogP contribution in [-0.2, 0) is 4.79 Å². The van der Waals surface area contributed by atoms with Crippen LogP contribution in [0.1, 0.15) is 23.3 Å². The predicted octanol–water partition coefficient (Wildman–Crippen LogP) is 2.83. The van der Waals surface area contributed by atoms with Gasteiger partial charge in [-0.05, 0) is 38.1 Å². The number of carbonyl (C=O) groups is 2. The molecule has 3 heterocycles. The first-order valence-corrected chi connectivity index (χ1v) is 8.94. The van der Waals surface area contributed by atoms with Gasteiger partial charge in [-0.1, -0.05) is 18.2 Å². The molecular weight excluding hydrogens is 389 g/mol. The molecule has 2 aromatic heterocycles. The average molecular weight is 408 g/mol. The van der Waals surface area contributed by atoms with Crippen molar-refractivity contribution in [3.63, 3.8) is 0 Å². The second-order valence-corrected chi connectivity index (χ2v) is 6.55. The minimum Gasteiger partial charge on any atom is -0.475 e. The van der Waals surface area contributed by atoms with Crippen LogP contribution in [-0.4, -0.2) is 52.3 Å². The Kier molecular flexibility index (Phi) is 6.02. The van der Waals surface area contributed by atoms with Crippen molar-refractivity contribution in [1.29, 1.82) is 0 Å². The van der Waals surface area contributed by atoms with E-state index < -0.39 is 12.1 Å². The molecule has 0 atom stereocenters. The van der Waals surface area contributed by atoms with Gasteiger partial charge >= 0.3 is 12.1 Å². The molecule has 29 heavy (non-hydrogen) atoms. The van der Waals surface area contributed by atoms with Gasteiger partial charge in [0.05, 0.1) is 5.52 Å². The Balaban J connectivity index is 0.000000298. The van der Waals surface area contributed by atoms with E-state index in [2.05, 4.69) is 26.7 Å². The van der Waals surface area contributed by atoms with Crippen molar-refractivity contribution in [2.45, 2.75) is 25.1 Å². The molecule has 10 heteroatoms. The summed E-state index contributed by atoms with van der Waals surface area (Å²) in [6, 6.07) is 10.3. The SMILES string of the molecule is O=C(NC1CCNCC1)c1nccc2c1[nH]c1ccccc12.O=C(O)C(F)(F)F. The molecule has 0 radical (unpaired) electrons. The summed E-state index contributed by atoms with van der Waals surface area (Å²) in [6.07, 6.45) is -1.44. The lowest BCUT2D eigenvalue weighted by molar-refractivity contribution is -0.192. The summed E-state index contributed by atoms with van der Waals surface area (Å²) in [5, 5.41) is 15.7. The van der Waals surface area contributed by atoms with E-state index in [9.17, 15) is 18.0 Å². The van der Waals surface area contributed by atoms with E-state index in [1.165, 1.54) is 0 Å². The van der Waals surface area contributed by atoms with E-state index in [4.69, 9.17) is 9.90 Å². The van der Waals surface area contributed by atoms with Crippen LogP contribution in [0.15, 0.2) is 36.5 Å². The number of benzene rings is 1. The number of pyridine rings is 1. The van der Waals surface area contributed by atoms with E-state index in [1.54, 1.807) is 6.20 Å². The molecule has 1 fully saturated rings. The van der Waals surface area contributed by atoms with Gasteiger partial charge in [0.1, 0.15) is 0 Å². The van der Waals surface area contributed by atoms with Gasteiger partial charge in [0, 0.05) is 28.5 Å². The molecular formula is C19H19F3N4O3. The van der Waals surface area contributed by atoms with Crippen LogP contribution in [0.2, 0.25) is 0 Å². The third-order valence-electron chi connectivity index (χ3n) is 4.56. The first-order chi connectivity index (χ1) is 13.8. The number of halogens is 3. The van der Waals surface area contributed by atoms with Crippen LogP contribution < -0.4 is 10.6 Å². The van der Waals surface area contributed by atoms with Crippen molar-refractivity contribution in [3.8, 4) is 0 Å². The van der Waals surface area contributed by atoms with Gasteiger partial charge in [-0.15, -0.1) is 0 Å². The monoisotopic (exact) mass is 408 g/mol. The lowest BCUT2D eigenvalue weighted by atomic mass is 10.1.